The van der Waals surface area contributed by atoms with Crippen LogP contribution in [-0.2, 0) is 0 Å². The zero-order chi connectivity index (χ0) is 15.6. The first-order valence-corrected chi connectivity index (χ1v) is 7.44. The van der Waals surface area contributed by atoms with Gasteiger partial charge in [-0.3, -0.25) is 4.79 Å². The van der Waals surface area contributed by atoms with Gasteiger partial charge in [-0.05, 0) is 43.7 Å². The highest BCUT2D eigenvalue weighted by Crippen LogP contribution is 2.33. The number of carbonyl (C=O) groups excluding carboxylic acids is 1. The van der Waals surface area contributed by atoms with Crippen LogP contribution in [0.3, 0.4) is 0 Å². The topological polar surface area (TPSA) is 29.1 Å². The second-order valence-corrected chi connectivity index (χ2v) is 6.04. The summed E-state index contributed by atoms with van der Waals surface area (Å²) in [6.07, 6.45) is 3.20. The Bertz CT molecular complexity index is 542. The van der Waals surface area contributed by atoms with E-state index in [2.05, 4.69) is 12.2 Å². The standard InChI is InChI=1S/C15H17ClF3NO/c1-9-4-6-15(8-16,7-5-9)20-14(21)10-2-3-11(17)13(19)12(10)18/h2-3,9H,4-8H2,1H3,(H,20,21). The summed E-state index contributed by atoms with van der Waals surface area (Å²) in [5.41, 5.74) is -1.11. The Balaban J connectivity index is 2.19. The molecule has 1 saturated carbocycles. The molecule has 0 bridgehead atoms. The maximum atomic E-state index is 13.6. The minimum Gasteiger partial charge on any atom is -0.345 e. The summed E-state index contributed by atoms with van der Waals surface area (Å²) in [4.78, 5) is 12.1. The molecule has 1 N–H and O–H groups in total. The molecule has 21 heavy (non-hydrogen) atoms. The minimum atomic E-state index is -1.64. The number of carbonyl (C=O) groups is 1. The summed E-state index contributed by atoms with van der Waals surface area (Å²) in [5, 5.41) is 2.71. The lowest BCUT2D eigenvalue weighted by Gasteiger charge is -2.38. The molecule has 0 radical (unpaired) electrons. The molecule has 0 atom stereocenters. The molecule has 1 fully saturated rings. The molecule has 0 unspecified atom stereocenters. The van der Waals surface area contributed by atoms with Crippen LogP contribution in [0.2, 0.25) is 0 Å². The number of nitrogens with one attached hydrogen (secondary N) is 1. The molecule has 0 heterocycles. The van der Waals surface area contributed by atoms with Crippen LogP contribution in [0, 0.1) is 23.4 Å². The monoisotopic (exact) mass is 319 g/mol. The second-order valence-electron chi connectivity index (χ2n) is 5.77. The molecule has 1 aromatic carbocycles. The molecule has 6 heteroatoms. The predicted octanol–water partition coefficient (Wildman–Crippen LogP) is 4.02. The molecule has 2 rings (SSSR count). The van der Waals surface area contributed by atoms with E-state index in [1.807, 2.05) is 0 Å². The van der Waals surface area contributed by atoms with Gasteiger partial charge in [0.1, 0.15) is 0 Å². The van der Waals surface area contributed by atoms with Gasteiger partial charge in [-0.1, -0.05) is 6.92 Å². The van der Waals surface area contributed by atoms with E-state index in [9.17, 15) is 18.0 Å². The number of hydrogen-bond acceptors (Lipinski definition) is 1. The van der Waals surface area contributed by atoms with Crippen molar-refractivity contribution in [2.75, 3.05) is 5.88 Å². The third-order valence-corrected chi connectivity index (χ3v) is 4.66. The molecule has 0 spiro atoms. The molecule has 1 aliphatic rings. The molecule has 2 nitrogen and oxygen atoms in total. The van der Waals surface area contributed by atoms with Crippen LogP contribution in [0.5, 0.6) is 0 Å². The highest BCUT2D eigenvalue weighted by Gasteiger charge is 2.35. The SMILES string of the molecule is CC1CCC(CCl)(NC(=O)c2ccc(F)c(F)c2F)CC1. The maximum Gasteiger partial charge on any atom is 0.254 e. The lowest BCUT2D eigenvalue weighted by atomic mass is 9.78. The van der Waals surface area contributed by atoms with Gasteiger partial charge in [0.05, 0.1) is 11.1 Å². The number of rotatable bonds is 3. The highest BCUT2D eigenvalue weighted by molar-refractivity contribution is 6.19. The van der Waals surface area contributed by atoms with Gasteiger partial charge in [0, 0.05) is 5.88 Å². The quantitative estimate of drug-likeness (QED) is 0.661. The number of hydrogen-bond donors (Lipinski definition) is 1. The Hall–Kier alpha value is -1.23. The summed E-state index contributed by atoms with van der Waals surface area (Å²) in [6, 6.07) is 1.68. The van der Waals surface area contributed by atoms with E-state index in [-0.39, 0.29) is 5.88 Å². The molecule has 1 aliphatic carbocycles. The van der Waals surface area contributed by atoms with E-state index in [4.69, 9.17) is 11.6 Å². The Morgan fingerprint density at radius 3 is 2.48 bits per heavy atom. The van der Waals surface area contributed by atoms with E-state index in [0.717, 1.165) is 25.0 Å². The van der Waals surface area contributed by atoms with Crippen LogP contribution in [0.1, 0.15) is 43.0 Å². The summed E-state index contributed by atoms with van der Waals surface area (Å²) in [5.74, 6) is -4.43. The minimum absolute atomic E-state index is 0.205. The maximum absolute atomic E-state index is 13.6. The van der Waals surface area contributed by atoms with Crippen molar-refractivity contribution in [2.45, 2.75) is 38.1 Å². The number of alkyl halides is 1. The van der Waals surface area contributed by atoms with Crippen molar-refractivity contribution >= 4 is 17.5 Å². The number of benzene rings is 1. The Labute approximate surface area is 126 Å². The van der Waals surface area contributed by atoms with Crippen LogP contribution >= 0.6 is 11.6 Å². The lowest BCUT2D eigenvalue weighted by molar-refractivity contribution is 0.0867. The van der Waals surface area contributed by atoms with Crippen LogP contribution in [0.25, 0.3) is 0 Å². The van der Waals surface area contributed by atoms with Gasteiger partial charge in [0.15, 0.2) is 17.5 Å². The second kappa shape index (κ2) is 6.26. The lowest BCUT2D eigenvalue weighted by Crippen LogP contribution is -2.52. The zero-order valence-corrected chi connectivity index (χ0v) is 12.4. The Kier molecular flexibility index (Phi) is 4.81. The van der Waals surface area contributed by atoms with Gasteiger partial charge in [-0.15, -0.1) is 11.6 Å². The number of amides is 1. The van der Waals surface area contributed by atoms with Crippen LogP contribution in [-0.4, -0.2) is 17.3 Å². The van der Waals surface area contributed by atoms with E-state index >= 15 is 0 Å². The normalized spacial score (nSPS) is 25.7. The van der Waals surface area contributed by atoms with Crippen LogP contribution in [0.4, 0.5) is 13.2 Å². The summed E-state index contributed by atoms with van der Waals surface area (Å²) in [7, 11) is 0. The fraction of sp³-hybridized carbons (Fsp3) is 0.533. The molecule has 116 valence electrons. The van der Waals surface area contributed by atoms with Gasteiger partial charge in [-0.2, -0.15) is 0 Å². The predicted molar refractivity (Wildman–Crippen MR) is 74.9 cm³/mol. The van der Waals surface area contributed by atoms with E-state index in [1.165, 1.54) is 0 Å². The van der Waals surface area contributed by atoms with Gasteiger partial charge in [0.25, 0.3) is 5.91 Å². The third kappa shape index (κ3) is 3.34. The van der Waals surface area contributed by atoms with Crippen LogP contribution < -0.4 is 5.32 Å². The van der Waals surface area contributed by atoms with Crippen molar-refractivity contribution in [2.24, 2.45) is 5.92 Å². The smallest absolute Gasteiger partial charge is 0.254 e. The average Bonchev–Trinajstić information content (AvgIpc) is 2.47. The highest BCUT2D eigenvalue weighted by atomic mass is 35.5. The summed E-state index contributed by atoms with van der Waals surface area (Å²) < 4.78 is 39.8. The first kappa shape index (κ1) is 16.1. The number of halogens is 4. The van der Waals surface area contributed by atoms with Gasteiger partial charge < -0.3 is 5.32 Å². The average molecular weight is 320 g/mol. The molecule has 0 aliphatic heterocycles. The molecule has 0 aromatic heterocycles. The Morgan fingerprint density at radius 2 is 1.90 bits per heavy atom. The fourth-order valence-corrected chi connectivity index (χ4v) is 2.95. The van der Waals surface area contributed by atoms with Gasteiger partial charge >= 0.3 is 0 Å². The summed E-state index contributed by atoms with van der Waals surface area (Å²) in [6.45, 7) is 2.12. The van der Waals surface area contributed by atoms with Gasteiger partial charge in [-0.25, -0.2) is 13.2 Å². The van der Waals surface area contributed by atoms with Crippen molar-refractivity contribution in [3.05, 3.63) is 35.1 Å². The van der Waals surface area contributed by atoms with E-state index in [1.54, 1.807) is 0 Å². The van der Waals surface area contributed by atoms with Crippen molar-refractivity contribution in [3.8, 4) is 0 Å². The van der Waals surface area contributed by atoms with E-state index in [0.29, 0.717) is 18.8 Å². The van der Waals surface area contributed by atoms with Crippen molar-refractivity contribution < 1.29 is 18.0 Å². The molecule has 1 amide bonds. The van der Waals surface area contributed by atoms with Crippen molar-refractivity contribution in [3.63, 3.8) is 0 Å². The largest absolute Gasteiger partial charge is 0.345 e. The van der Waals surface area contributed by atoms with Crippen LogP contribution in [0.15, 0.2) is 12.1 Å². The molecular weight excluding hydrogens is 303 g/mol. The van der Waals surface area contributed by atoms with Crippen molar-refractivity contribution in [1.29, 1.82) is 0 Å². The van der Waals surface area contributed by atoms with Crippen molar-refractivity contribution in [1.82, 2.24) is 5.32 Å². The zero-order valence-electron chi connectivity index (χ0n) is 11.7. The molecular formula is C15H17ClF3NO. The molecule has 1 aromatic rings. The summed E-state index contributed by atoms with van der Waals surface area (Å²) >= 11 is 5.97. The first-order chi connectivity index (χ1) is 9.88. The third-order valence-electron chi connectivity index (χ3n) is 4.15. The fourth-order valence-electron chi connectivity index (χ4n) is 2.62. The molecule has 0 saturated heterocycles. The Morgan fingerprint density at radius 1 is 1.29 bits per heavy atom. The van der Waals surface area contributed by atoms with E-state index < -0.39 is 34.5 Å². The first-order valence-electron chi connectivity index (χ1n) is 6.90. The van der Waals surface area contributed by atoms with Gasteiger partial charge in [0.2, 0.25) is 0 Å².